The molecule has 0 unspecified atom stereocenters. The maximum atomic E-state index is 12.3. The molecule has 0 spiro atoms. The fraction of sp³-hybridized carbons (Fsp3) is 0.562. The normalized spacial score (nSPS) is 12.5. The van der Waals surface area contributed by atoms with Gasteiger partial charge in [0.15, 0.2) is 5.96 Å². The molecule has 8 heteroatoms. The maximum Gasteiger partial charge on any atom is 0.401 e. The van der Waals surface area contributed by atoms with Crippen molar-refractivity contribution in [3.63, 3.8) is 0 Å². The number of hydrogen-bond donors (Lipinski definition) is 2. The average Bonchev–Trinajstić information content (AvgIpc) is 2.47. The van der Waals surface area contributed by atoms with Crippen LogP contribution in [0, 0.1) is 0 Å². The highest BCUT2D eigenvalue weighted by molar-refractivity contribution is 6.31. The molecule has 1 aromatic rings. The minimum Gasteiger partial charge on any atom is -0.357 e. The van der Waals surface area contributed by atoms with Gasteiger partial charge in [0.1, 0.15) is 0 Å². The van der Waals surface area contributed by atoms with Crippen LogP contribution in [0.25, 0.3) is 0 Å². The van der Waals surface area contributed by atoms with Crippen molar-refractivity contribution in [2.24, 2.45) is 4.99 Å². The van der Waals surface area contributed by atoms with Gasteiger partial charge in [0, 0.05) is 24.7 Å². The summed E-state index contributed by atoms with van der Waals surface area (Å²) in [4.78, 5) is 5.49. The molecule has 136 valence electrons. The van der Waals surface area contributed by atoms with Crippen molar-refractivity contribution in [2.45, 2.75) is 19.5 Å². The van der Waals surface area contributed by atoms with E-state index >= 15 is 0 Å². The molecule has 0 saturated carbocycles. The standard InChI is InChI=1S/C16H24ClF3N4/c1-3-21-15(23-10-11-24(2)12-16(18,19)20)22-9-8-13-6-4-5-7-14(13)17/h4-7H,3,8-12H2,1-2H3,(H2,21,22,23). The Balaban J connectivity index is 2.41. The molecule has 0 amide bonds. The van der Waals surface area contributed by atoms with E-state index in [1.54, 1.807) is 0 Å². The first-order chi connectivity index (χ1) is 11.3. The third kappa shape index (κ3) is 8.98. The first-order valence-electron chi connectivity index (χ1n) is 7.82. The van der Waals surface area contributed by atoms with Gasteiger partial charge in [-0.15, -0.1) is 0 Å². The number of nitrogens with zero attached hydrogens (tertiary/aromatic N) is 2. The monoisotopic (exact) mass is 364 g/mol. The third-order valence-corrected chi connectivity index (χ3v) is 3.56. The van der Waals surface area contributed by atoms with Gasteiger partial charge in [0.25, 0.3) is 0 Å². The number of hydrogen-bond acceptors (Lipinski definition) is 2. The van der Waals surface area contributed by atoms with Gasteiger partial charge < -0.3 is 10.6 Å². The second-order valence-electron chi connectivity index (χ2n) is 5.38. The number of alkyl halides is 3. The first-order valence-corrected chi connectivity index (χ1v) is 8.20. The Labute approximate surface area is 146 Å². The fourth-order valence-electron chi connectivity index (χ4n) is 2.08. The van der Waals surface area contributed by atoms with E-state index in [9.17, 15) is 13.2 Å². The highest BCUT2D eigenvalue weighted by atomic mass is 35.5. The SMILES string of the molecule is CCNC(=NCCN(C)CC(F)(F)F)NCCc1ccccc1Cl. The summed E-state index contributed by atoms with van der Waals surface area (Å²) < 4.78 is 36.8. The summed E-state index contributed by atoms with van der Waals surface area (Å²) in [5, 5.41) is 6.95. The number of aliphatic imine (C=N–C) groups is 1. The van der Waals surface area contributed by atoms with Crippen LogP contribution in [0.1, 0.15) is 12.5 Å². The van der Waals surface area contributed by atoms with Gasteiger partial charge in [0.2, 0.25) is 0 Å². The summed E-state index contributed by atoms with van der Waals surface area (Å²) in [5.41, 5.74) is 1.03. The molecule has 0 radical (unpaired) electrons. The lowest BCUT2D eigenvalue weighted by Gasteiger charge is -2.18. The van der Waals surface area contributed by atoms with Crippen molar-refractivity contribution in [1.82, 2.24) is 15.5 Å². The Morgan fingerprint density at radius 3 is 2.58 bits per heavy atom. The fourth-order valence-corrected chi connectivity index (χ4v) is 2.31. The van der Waals surface area contributed by atoms with E-state index in [0.717, 1.165) is 17.0 Å². The molecule has 0 bridgehead atoms. The maximum absolute atomic E-state index is 12.3. The Hall–Kier alpha value is -1.47. The zero-order valence-corrected chi connectivity index (χ0v) is 14.7. The minimum atomic E-state index is -4.18. The third-order valence-electron chi connectivity index (χ3n) is 3.19. The summed E-state index contributed by atoms with van der Waals surface area (Å²) in [6, 6.07) is 7.60. The van der Waals surface area contributed by atoms with Gasteiger partial charge in [-0.25, -0.2) is 0 Å². The summed E-state index contributed by atoms with van der Waals surface area (Å²) in [7, 11) is 1.43. The predicted molar refractivity (Wildman–Crippen MR) is 92.7 cm³/mol. The predicted octanol–water partition coefficient (Wildman–Crippen LogP) is 2.93. The zero-order chi connectivity index (χ0) is 18.0. The second-order valence-corrected chi connectivity index (χ2v) is 5.79. The lowest BCUT2D eigenvalue weighted by Crippen LogP contribution is -2.39. The van der Waals surface area contributed by atoms with Gasteiger partial charge in [-0.3, -0.25) is 9.89 Å². The number of halogens is 4. The van der Waals surface area contributed by atoms with Crippen LogP contribution in [-0.4, -0.2) is 56.8 Å². The molecule has 0 fully saturated rings. The topological polar surface area (TPSA) is 39.7 Å². The molecule has 0 aromatic heterocycles. The van der Waals surface area contributed by atoms with Crippen LogP contribution in [0.15, 0.2) is 29.3 Å². The highest BCUT2D eigenvalue weighted by Gasteiger charge is 2.28. The van der Waals surface area contributed by atoms with Crippen LogP contribution in [0.4, 0.5) is 13.2 Å². The van der Waals surface area contributed by atoms with Crippen molar-refractivity contribution in [1.29, 1.82) is 0 Å². The van der Waals surface area contributed by atoms with E-state index in [-0.39, 0.29) is 13.1 Å². The summed E-state index contributed by atoms with van der Waals surface area (Å²) in [5.74, 6) is 0.588. The van der Waals surface area contributed by atoms with Crippen LogP contribution in [0.2, 0.25) is 5.02 Å². The molecule has 0 heterocycles. The smallest absolute Gasteiger partial charge is 0.357 e. The Kier molecular flexibility index (Phi) is 8.92. The van der Waals surface area contributed by atoms with Crippen LogP contribution in [0.5, 0.6) is 0 Å². The molecule has 2 N–H and O–H groups in total. The second kappa shape index (κ2) is 10.4. The number of nitrogens with one attached hydrogen (secondary N) is 2. The van der Waals surface area contributed by atoms with Crippen LogP contribution < -0.4 is 10.6 Å². The molecule has 1 rings (SSSR count). The number of benzene rings is 1. The van der Waals surface area contributed by atoms with Gasteiger partial charge >= 0.3 is 6.18 Å². The van der Waals surface area contributed by atoms with Crippen LogP contribution in [0.3, 0.4) is 0 Å². The van der Waals surface area contributed by atoms with E-state index < -0.39 is 12.7 Å². The largest absolute Gasteiger partial charge is 0.401 e. The van der Waals surface area contributed by atoms with E-state index in [2.05, 4.69) is 15.6 Å². The Morgan fingerprint density at radius 1 is 1.25 bits per heavy atom. The van der Waals surface area contributed by atoms with Crippen LogP contribution in [-0.2, 0) is 6.42 Å². The molecular weight excluding hydrogens is 341 g/mol. The first kappa shape index (κ1) is 20.6. The van der Waals surface area contributed by atoms with Crippen molar-refractivity contribution < 1.29 is 13.2 Å². The molecule has 0 aliphatic carbocycles. The van der Waals surface area contributed by atoms with Crippen molar-refractivity contribution in [3.05, 3.63) is 34.9 Å². The number of guanidine groups is 1. The Morgan fingerprint density at radius 2 is 1.96 bits per heavy atom. The zero-order valence-electron chi connectivity index (χ0n) is 14.0. The number of likely N-dealkylation sites (N-methyl/N-ethyl adjacent to an activating group) is 1. The lowest BCUT2D eigenvalue weighted by molar-refractivity contribution is -0.142. The minimum absolute atomic E-state index is 0.237. The van der Waals surface area contributed by atoms with Crippen LogP contribution >= 0.6 is 11.6 Å². The van der Waals surface area contributed by atoms with E-state index in [1.807, 2.05) is 31.2 Å². The summed E-state index contributed by atoms with van der Waals surface area (Å²) in [6.45, 7) is 2.83. The van der Waals surface area contributed by atoms with E-state index in [1.165, 1.54) is 11.9 Å². The molecule has 4 nitrogen and oxygen atoms in total. The number of rotatable bonds is 8. The molecular formula is C16H24ClF3N4. The average molecular weight is 365 g/mol. The molecule has 0 saturated heterocycles. The van der Waals surface area contributed by atoms with Crippen molar-refractivity contribution in [2.75, 3.05) is 39.8 Å². The lowest BCUT2D eigenvalue weighted by atomic mass is 10.1. The van der Waals surface area contributed by atoms with Crippen molar-refractivity contribution >= 4 is 17.6 Å². The molecule has 0 atom stereocenters. The molecule has 1 aromatic carbocycles. The Bertz CT molecular complexity index is 520. The molecule has 24 heavy (non-hydrogen) atoms. The summed E-state index contributed by atoms with van der Waals surface area (Å²) >= 11 is 6.10. The molecule has 0 aliphatic heterocycles. The summed E-state index contributed by atoms with van der Waals surface area (Å²) in [6.07, 6.45) is -3.45. The van der Waals surface area contributed by atoms with Gasteiger partial charge in [0.05, 0.1) is 13.1 Å². The molecule has 0 aliphatic rings. The quantitative estimate of drug-likeness (QED) is 0.550. The van der Waals surface area contributed by atoms with E-state index in [4.69, 9.17) is 11.6 Å². The van der Waals surface area contributed by atoms with Gasteiger partial charge in [-0.2, -0.15) is 13.2 Å². The highest BCUT2D eigenvalue weighted by Crippen LogP contribution is 2.15. The van der Waals surface area contributed by atoms with Crippen molar-refractivity contribution in [3.8, 4) is 0 Å². The van der Waals surface area contributed by atoms with E-state index in [0.29, 0.717) is 19.0 Å². The van der Waals surface area contributed by atoms with Gasteiger partial charge in [-0.1, -0.05) is 29.8 Å². The van der Waals surface area contributed by atoms with Gasteiger partial charge in [-0.05, 0) is 32.0 Å².